The molecule has 2 aliphatic heterocycles. The van der Waals surface area contributed by atoms with Gasteiger partial charge in [-0.1, -0.05) is 90.9 Å². The number of carbonyl (C=O) groups excluding carboxylic acids is 9. The highest BCUT2D eigenvalue weighted by Gasteiger charge is 2.46. The van der Waals surface area contributed by atoms with E-state index in [1.54, 1.807) is 7.05 Å². The maximum Gasteiger partial charge on any atom is 0.248 e. The van der Waals surface area contributed by atoms with E-state index in [-0.39, 0.29) is 36.8 Å². The minimum absolute atomic E-state index is 0.100. The van der Waals surface area contributed by atoms with Crippen molar-refractivity contribution in [1.82, 2.24) is 53.2 Å². The van der Waals surface area contributed by atoms with Crippen molar-refractivity contribution in [1.29, 1.82) is 0 Å². The van der Waals surface area contributed by atoms with E-state index in [2.05, 4.69) is 58.2 Å². The van der Waals surface area contributed by atoms with Gasteiger partial charge in [-0.05, 0) is 43.9 Å². The van der Waals surface area contributed by atoms with Gasteiger partial charge in [0.25, 0.3) is 0 Å². The Hall–Kier alpha value is -5.45. The zero-order valence-electron chi connectivity index (χ0n) is 41.9. The summed E-state index contributed by atoms with van der Waals surface area (Å²) in [6.45, 7) is 4.58. The number of thioether (sulfide) groups is 1. The van der Waals surface area contributed by atoms with E-state index in [0.29, 0.717) is 6.42 Å². The Balaban J connectivity index is 2.10. The second-order valence-electron chi connectivity index (χ2n) is 18.4. The first-order chi connectivity index (χ1) is 33.4. The first-order valence-corrected chi connectivity index (χ1v) is 25.9. The minimum atomic E-state index is -2.13. The third-order valence-electron chi connectivity index (χ3n) is 12.0. The molecule has 1 spiro atoms. The number of amides is 9. The fraction of sp³-hybridized carbons (Fsp3) is 0.745. The lowest BCUT2D eigenvalue weighted by Crippen LogP contribution is -2.67. The fourth-order valence-corrected chi connectivity index (χ4v) is 8.83. The predicted octanol–water partition coefficient (Wildman–Crippen LogP) is 0.0896. The zero-order chi connectivity index (χ0) is 51.9. The summed E-state index contributed by atoms with van der Waals surface area (Å²) < 4.78 is 0. The summed E-state index contributed by atoms with van der Waals surface area (Å²) in [7, 11) is 3.62. The van der Waals surface area contributed by atoms with Gasteiger partial charge in [-0.2, -0.15) is 0 Å². The summed E-state index contributed by atoms with van der Waals surface area (Å²) in [5.74, 6) is -6.82. The quantitative estimate of drug-likeness (QED) is 0.0311. The zero-order valence-corrected chi connectivity index (χ0v) is 42.8. The van der Waals surface area contributed by atoms with Crippen molar-refractivity contribution < 1.29 is 48.3 Å². The number of nitrogens with zero attached hydrogens (tertiary/aromatic N) is 1. The van der Waals surface area contributed by atoms with Crippen LogP contribution in [0.1, 0.15) is 143 Å². The molecule has 1 fully saturated rings. The van der Waals surface area contributed by atoms with Crippen molar-refractivity contribution >= 4 is 70.9 Å². The van der Waals surface area contributed by atoms with Crippen LogP contribution in [0.3, 0.4) is 0 Å². The molecule has 0 bridgehead atoms. The van der Waals surface area contributed by atoms with E-state index >= 15 is 0 Å². The smallest absolute Gasteiger partial charge is 0.248 e. The van der Waals surface area contributed by atoms with Crippen molar-refractivity contribution in [2.75, 3.05) is 39.5 Å². The predicted molar refractivity (Wildman–Crippen MR) is 268 cm³/mol. The highest BCUT2D eigenvalue weighted by Crippen LogP contribution is 2.24. The average molecular weight is 1010 g/mol. The Morgan fingerprint density at radius 1 is 0.800 bits per heavy atom. The van der Waals surface area contributed by atoms with Crippen LogP contribution in [0.5, 0.6) is 0 Å². The number of carbonyl (C=O) groups is 9. The van der Waals surface area contributed by atoms with Crippen molar-refractivity contribution in [3.05, 3.63) is 11.6 Å². The molecule has 0 aliphatic carbocycles. The maximum absolute atomic E-state index is 14.6. The van der Waals surface area contributed by atoms with Crippen LogP contribution < -0.4 is 58.9 Å². The molecular weight excluding hydrogens is 925 g/mol. The molecule has 396 valence electrons. The van der Waals surface area contributed by atoms with Crippen LogP contribution in [0.25, 0.3) is 0 Å². The molecule has 13 N–H and O–H groups in total. The van der Waals surface area contributed by atoms with Gasteiger partial charge in [-0.25, -0.2) is 0 Å². The maximum atomic E-state index is 14.6. The lowest BCUT2D eigenvalue weighted by atomic mass is 9.89. The van der Waals surface area contributed by atoms with Crippen LogP contribution in [-0.4, -0.2) is 140 Å². The van der Waals surface area contributed by atoms with Gasteiger partial charge in [0.1, 0.15) is 35.7 Å². The van der Waals surface area contributed by atoms with E-state index < -0.39 is 109 Å². The van der Waals surface area contributed by atoms with E-state index in [0.717, 1.165) is 56.4 Å². The van der Waals surface area contributed by atoms with Crippen molar-refractivity contribution in [3.63, 3.8) is 0 Å². The third-order valence-corrected chi connectivity index (χ3v) is 12.9. The van der Waals surface area contributed by atoms with Gasteiger partial charge in [-0.15, -0.1) is 11.8 Å². The van der Waals surface area contributed by atoms with E-state index in [1.165, 1.54) is 69.9 Å². The van der Waals surface area contributed by atoms with Gasteiger partial charge >= 0.3 is 0 Å². The summed E-state index contributed by atoms with van der Waals surface area (Å²) >= 11 is 0.912. The van der Waals surface area contributed by atoms with Gasteiger partial charge < -0.3 is 64.0 Å². The SMILES string of the molecule is CN=C(NC)NCCCCCCCCCCCCCCCCC(=O)NC(C)C(=O)NC1CC2(CS/C=C\NC(=O)C(CO)NC(=O)C(CCC(N)=O)NC2=O)NC(=O)CNC(=O)C(CC(C)C)NC1=O. The standard InChI is InChI=1S/C47H82N12O10S/c1-31(2)26-34-41(65)53-28-39(63)59-47(30-70-25-24-51-42(66)36(29-60)57-43(67)33(58-45(47)69)21-22-37(48)61)27-35(44(68)55-34)56-40(64)32(3)54-38(62)20-18-16-14-12-10-8-6-7-9-11-13-15-17-19-23-52-46(49-4)50-5/h24-25,31-36,60H,6-23,26-30H2,1-5H3,(H2,48,61)(H,51,66)(H,53,65)(H,54,62)(H,55,68)(H,56,64)(H,57,67)(H,58,69)(H,59,63)(H2,49,50,52)/b25-24-. The Kier molecular flexibility index (Phi) is 29.4. The first kappa shape index (κ1) is 60.7. The monoisotopic (exact) mass is 1010 g/mol. The summed E-state index contributed by atoms with van der Waals surface area (Å²) in [4.78, 5) is 125. The van der Waals surface area contributed by atoms with Gasteiger partial charge in [0.05, 0.1) is 13.2 Å². The van der Waals surface area contributed by atoms with E-state index in [9.17, 15) is 48.3 Å². The Labute approximate surface area is 417 Å². The largest absolute Gasteiger partial charge is 0.394 e. The van der Waals surface area contributed by atoms with Crippen molar-refractivity contribution in [2.24, 2.45) is 16.6 Å². The van der Waals surface area contributed by atoms with E-state index in [4.69, 9.17) is 5.73 Å². The van der Waals surface area contributed by atoms with Gasteiger partial charge in [0, 0.05) is 51.9 Å². The summed E-state index contributed by atoms with van der Waals surface area (Å²) in [6, 6.07) is -6.91. The molecule has 22 nitrogen and oxygen atoms in total. The number of nitrogens with two attached hydrogens (primary N) is 1. The minimum Gasteiger partial charge on any atom is -0.394 e. The number of guanidine groups is 1. The Bertz CT molecular complexity index is 1790. The molecule has 0 aromatic carbocycles. The molecule has 0 radical (unpaired) electrons. The third kappa shape index (κ3) is 23.9. The lowest BCUT2D eigenvalue weighted by molar-refractivity contribution is -0.138. The fourth-order valence-electron chi connectivity index (χ4n) is 7.96. The van der Waals surface area contributed by atoms with Gasteiger partial charge in [0.2, 0.25) is 53.2 Å². The van der Waals surface area contributed by atoms with Crippen LogP contribution in [0.2, 0.25) is 0 Å². The summed E-state index contributed by atoms with van der Waals surface area (Å²) in [5, 5.41) is 37.9. The molecule has 0 aromatic heterocycles. The second-order valence-corrected chi connectivity index (χ2v) is 19.3. The van der Waals surface area contributed by atoms with Crippen LogP contribution in [0.4, 0.5) is 0 Å². The summed E-state index contributed by atoms with van der Waals surface area (Å²) in [6.07, 6.45) is 15.8. The number of nitrogens with one attached hydrogen (secondary N) is 10. The normalized spacial score (nSPS) is 22.8. The Morgan fingerprint density at radius 2 is 1.40 bits per heavy atom. The Morgan fingerprint density at radius 3 is 1.97 bits per heavy atom. The molecule has 1 saturated heterocycles. The number of rotatable bonds is 26. The van der Waals surface area contributed by atoms with Crippen LogP contribution >= 0.6 is 11.8 Å². The van der Waals surface area contributed by atoms with Gasteiger partial charge in [-0.3, -0.25) is 48.1 Å². The van der Waals surface area contributed by atoms with Crippen LogP contribution in [0, 0.1) is 5.92 Å². The topological polar surface area (TPSA) is 333 Å². The molecule has 6 atom stereocenters. The number of aliphatic hydroxyl groups excluding tert-OH is 1. The molecule has 70 heavy (non-hydrogen) atoms. The molecule has 2 heterocycles. The molecule has 9 amide bonds. The molecular formula is C47H82N12O10S. The van der Waals surface area contributed by atoms with Gasteiger partial charge in [0.15, 0.2) is 5.96 Å². The number of primary amides is 1. The first-order valence-electron chi connectivity index (χ1n) is 24.9. The number of hydrogen-bond donors (Lipinski definition) is 12. The highest BCUT2D eigenvalue weighted by molar-refractivity contribution is 8.02. The second kappa shape index (κ2) is 34.0. The van der Waals surface area contributed by atoms with Crippen molar-refractivity contribution in [2.45, 2.75) is 179 Å². The molecule has 6 unspecified atom stereocenters. The number of aliphatic imine (C=N–C) groups is 1. The molecule has 23 heteroatoms. The number of unbranched alkanes of at least 4 members (excludes halogenated alkanes) is 13. The molecule has 0 saturated carbocycles. The van der Waals surface area contributed by atoms with E-state index in [1.807, 2.05) is 20.9 Å². The summed E-state index contributed by atoms with van der Waals surface area (Å²) in [5.41, 5.74) is 3.24. The molecule has 0 aromatic rings. The molecule has 2 rings (SSSR count). The van der Waals surface area contributed by atoms with Crippen LogP contribution in [0.15, 0.2) is 16.6 Å². The number of hydrogen-bond acceptors (Lipinski definition) is 12. The number of aliphatic hydroxyl groups is 1. The highest BCUT2D eigenvalue weighted by atomic mass is 32.2. The lowest BCUT2D eigenvalue weighted by Gasteiger charge is -2.37. The van der Waals surface area contributed by atoms with Crippen LogP contribution in [-0.2, 0) is 43.2 Å². The molecule has 2 aliphatic rings. The van der Waals surface area contributed by atoms with Crippen molar-refractivity contribution in [3.8, 4) is 0 Å². The average Bonchev–Trinajstić information content (AvgIpc) is 3.32.